The normalized spacial score (nSPS) is 22.9. The molecule has 106 valence electrons. The lowest BCUT2D eigenvalue weighted by Crippen LogP contribution is -2.28. The largest absolute Gasteiger partial charge is 0.417 e. The summed E-state index contributed by atoms with van der Waals surface area (Å²) in [6, 6.07) is 5.03. The summed E-state index contributed by atoms with van der Waals surface area (Å²) in [5, 5.41) is 12.3. The lowest BCUT2D eigenvalue weighted by Gasteiger charge is -2.24. The first-order valence-electron chi connectivity index (χ1n) is 6.73. The molecular formula is C14H16N2O4. The van der Waals surface area contributed by atoms with E-state index in [0.717, 1.165) is 0 Å². The van der Waals surface area contributed by atoms with Gasteiger partial charge in [-0.1, -0.05) is 0 Å². The van der Waals surface area contributed by atoms with E-state index >= 15 is 0 Å². The molecule has 0 atom stereocenters. The average molecular weight is 276 g/mol. The minimum absolute atomic E-state index is 0.0397. The summed E-state index contributed by atoms with van der Waals surface area (Å²) in [6.45, 7) is 0. The fraction of sp³-hybridized carbons (Fsp3) is 0.429. The number of aliphatic hydroxyl groups is 1. The van der Waals surface area contributed by atoms with Crippen molar-refractivity contribution in [3.63, 3.8) is 0 Å². The van der Waals surface area contributed by atoms with Gasteiger partial charge in [0.05, 0.1) is 11.6 Å². The van der Waals surface area contributed by atoms with Crippen LogP contribution in [0, 0.1) is 5.92 Å². The third-order valence-corrected chi connectivity index (χ3v) is 3.75. The molecule has 2 aromatic rings. The molecule has 0 saturated heterocycles. The number of anilines is 1. The summed E-state index contributed by atoms with van der Waals surface area (Å²) in [5.74, 6) is -0.607. The molecule has 1 aliphatic carbocycles. The molecule has 6 heteroatoms. The summed E-state index contributed by atoms with van der Waals surface area (Å²) in [6.07, 6.45) is 2.49. The topological polar surface area (TPSA) is 95.3 Å². The maximum atomic E-state index is 12.1. The average Bonchev–Trinajstić information content (AvgIpc) is 2.78. The molecule has 1 saturated carbocycles. The molecule has 0 radical (unpaired) electrons. The van der Waals surface area contributed by atoms with Crippen molar-refractivity contribution in [1.29, 1.82) is 0 Å². The molecule has 1 aliphatic rings. The Morgan fingerprint density at radius 3 is 2.80 bits per heavy atom. The number of oxazole rings is 1. The van der Waals surface area contributed by atoms with Crippen LogP contribution in [0.25, 0.3) is 11.1 Å². The van der Waals surface area contributed by atoms with Crippen LogP contribution in [0.4, 0.5) is 5.69 Å². The van der Waals surface area contributed by atoms with Crippen LogP contribution in [0.2, 0.25) is 0 Å². The molecule has 3 rings (SSSR count). The highest BCUT2D eigenvalue weighted by molar-refractivity contribution is 5.94. The second kappa shape index (κ2) is 5.13. The van der Waals surface area contributed by atoms with Crippen molar-refractivity contribution in [2.75, 3.05) is 5.32 Å². The molecule has 1 aromatic heterocycles. The fourth-order valence-corrected chi connectivity index (χ4v) is 2.61. The van der Waals surface area contributed by atoms with Crippen molar-refractivity contribution in [3.8, 4) is 0 Å². The first kappa shape index (κ1) is 12.9. The Bertz CT molecular complexity index is 680. The van der Waals surface area contributed by atoms with E-state index in [4.69, 9.17) is 4.42 Å². The van der Waals surface area contributed by atoms with E-state index in [-0.39, 0.29) is 17.9 Å². The molecular weight excluding hydrogens is 260 g/mol. The van der Waals surface area contributed by atoms with Crippen LogP contribution in [0.5, 0.6) is 0 Å². The van der Waals surface area contributed by atoms with Gasteiger partial charge in [-0.15, -0.1) is 0 Å². The highest BCUT2D eigenvalue weighted by Crippen LogP contribution is 2.26. The van der Waals surface area contributed by atoms with Crippen LogP contribution in [-0.4, -0.2) is 22.1 Å². The molecule has 0 aliphatic heterocycles. The highest BCUT2D eigenvalue weighted by Gasteiger charge is 2.25. The van der Waals surface area contributed by atoms with Gasteiger partial charge in [0.25, 0.3) is 0 Å². The Morgan fingerprint density at radius 2 is 2.05 bits per heavy atom. The molecule has 3 N–H and O–H groups in total. The van der Waals surface area contributed by atoms with Crippen LogP contribution >= 0.6 is 0 Å². The van der Waals surface area contributed by atoms with Gasteiger partial charge in [-0.05, 0) is 43.9 Å². The molecule has 1 aromatic carbocycles. The minimum Gasteiger partial charge on any atom is -0.408 e. The molecule has 6 nitrogen and oxygen atoms in total. The maximum Gasteiger partial charge on any atom is 0.417 e. The van der Waals surface area contributed by atoms with Gasteiger partial charge in [0.1, 0.15) is 0 Å². The molecule has 1 heterocycles. The fourth-order valence-electron chi connectivity index (χ4n) is 2.61. The number of carbonyl (C=O) groups excluding carboxylic acids is 1. The predicted octanol–water partition coefficient (Wildman–Crippen LogP) is 1.61. The van der Waals surface area contributed by atoms with E-state index in [1.54, 1.807) is 18.2 Å². The standard InChI is InChI=1S/C14H16N2O4/c17-10-4-1-8(2-5-10)13(18)15-9-3-6-12-11(7-9)16-14(19)20-12/h3,6-8,10,17H,1-2,4-5H2,(H,15,18)(H,16,19). The smallest absolute Gasteiger partial charge is 0.408 e. The van der Waals surface area contributed by atoms with Crippen molar-refractivity contribution in [1.82, 2.24) is 4.98 Å². The number of amides is 1. The SMILES string of the molecule is O=C(Nc1ccc2oc(=O)[nH]c2c1)C1CCC(O)CC1. The van der Waals surface area contributed by atoms with Gasteiger partial charge in [0, 0.05) is 11.6 Å². The van der Waals surface area contributed by atoms with Gasteiger partial charge < -0.3 is 14.8 Å². The first-order chi connectivity index (χ1) is 9.61. The van der Waals surface area contributed by atoms with Crippen molar-refractivity contribution < 1.29 is 14.3 Å². The van der Waals surface area contributed by atoms with E-state index in [1.165, 1.54) is 0 Å². The summed E-state index contributed by atoms with van der Waals surface area (Å²) in [7, 11) is 0. The van der Waals surface area contributed by atoms with Gasteiger partial charge in [0.2, 0.25) is 5.91 Å². The Labute approximate surface area is 114 Å². The van der Waals surface area contributed by atoms with Crippen LogP contribution in [0.3, 0.4) is 0 Å². The Balaban J connectivity index is 1.72. The molecule has 0 spiro atoms. The molecule has 1 amide bonds. The number of carbonyl (C=O) groups is 1. The highest BCUT2D eigenvalue weighted by atomic mass is 16.4. The van der Waals surface area contributed by atoms with Crippen LogP contribution in [0.1, 0.15) is 25.7 Å². The van der Waals surface area contributed by atoms with E-state index in [9.17, 15) is 14.7 Å². The van der Waals surface area contributed by atoms with E-state index in [2.05, 4.69) is 10.3 Å². The van der Waals surface area contributed by atoms with Crippen molar-refractivity contribution in [2.24, 2.45) is 5.92 Å². The minimum atomic E-state index is -0.509. The lowest BCUT2D eigenvalue weighted by atomic mass is 9.87. The van der Waals surface area contributed by atoms with E-state index in [1.807, 2.05) is 0 Å². The zero-order chi connectivity index (χ0) is 14.1. The quantitative estimate of drug-likeness (QED) is 0.776. The van der Waals surface area contributed by atoms with Crippen molar-refractivity contribution >= 4 is 22.7 Å². The van der Waals surface area contributed by atoms with Gasteiger partial charge >= 0.3 is 5.76 Å². The van der Waals surface area contributed by atoms with Gasteiger partial charge in [-0.3, -0.25) is 9.78 Å². The number of aromatic nitrogens is 1. The van der Waals surface area contributed by atoms with Gasteiger partial charge in [0.15, 0.2) is 5.58 Å². The number of fused-ring (bicyclic) bond motifs is 1. The zero-order valence-electron chi connectivity index (χ0n) is 10.9. The van der Waals surface area contributed by atoms with Crippen molar-refractivity contribution in [3.05, 3.63) is 28.7 Å². The summed E-state index contributed by atoms with van der Waals surface area (Å²) >= 11 is 0. The second-order valence-corrected chi connectivity index (χ2v) is 5.22. The summed E-state index contributed by atoms with van der Waals surface area (Å²) in [4.78, 5) is 25.7. The number of benzene rings is 1. The number of rotatable bonds is 2. The van der Waals surface area contributed by atoms with Crippen LogP contribution in [-0.2, 0) is 4.79 Å². The molecule has 0 unspecified atom stereocenters. The van der Waals surface area contributed by atoms with E-state index < -0.39 is 5.76 Å². The first-order valence-corrected chi connectivity index (χ1v) is 6.73. The second-order valence-electron chi connectivity index (χ2n) is 5.22. The number of hydrogen-bond acceptors (Lipinski definition) is 4. The van der Waals surface area contributed by atoms with Gasteiger partial charge in [-0.25, -0.2) is 4.79 Å². The zero-order valence-corrected chi connectivity index (χ0v) is 10.9. The predicted molar refractivity (Wildman–Crippen MR) is 73.4 cm³/mol. The summed E-state index contributed by atoms with van der Waals surface area (Å²) < 4.78 is 4.90. The van der Waals surface area contributed by atoms with Gasteiger partial charge in [-0.2, -0.15) is 0 Å². The van der Waals surface area contributed by atoms with Crippen LogP contribution in [0.15, 0.2) is 27.4 Å². The third kappa shape index (κ3) is 2.60. The molecule has 20 heavy (non-hydrogen) atoms. The Morgan fingerprint density at radius 1 is 1.30 bits per heavy atom. The lowest BCUT2D eigenvalue weighted by molar-refractivity contribution is -0.121. The number of H-pyrrole nitrogens is 1. The molecule has 0 bridgehead atoms. The Hall–Kier alpha value is -2.08. The number of nitrogens with one attached hydrogen (secondary N) is 2. The molecule has 1 fully saturated rings. The van der Waals surface area contributed by atoms with Crippen LogP contribution < -0.4 is 11.1 Å². The monoisotopic (exact) mass is 276 g/mol. The number of hydrogen-bond donors (Lipinski definition) is 3. The number of aliphatic hydroxyl groups excluding tert-OH is 1. The summed E-state index contributed by atoms with van der Waals surface area (Å²) in [5.41, 5.74) is 1.66. The van der Waals surface area contributed by atoms with Crippen molar-refractivity contribution in [2.45, 2.75) is 31.8 Å². The Kier molecular flexibility index (Phi) is 3.31. The third-order valence-electron chi connectivity index (χ3n) is 3.75. The number of aromatic amines is 1. The maximum absolute atomic E-state index is 12.1. The van der Waals surface area contributed by atoms with E-state index in [0.29, 0.717) is 42.5 Å².